The average Bonchev–Trinajstić information content (AvgIpc) is 3.40. The maximum Gasteiger partial charge on any atom is 0.233 e. The summed E-state index contributed by atoms with van der Waals surface area (Å²) in [6.07, 6.45) is 9.62. The summed E-state index contributed by atoms with van der Waals surface area (Å²) in [7, 11) is 5.36. The monoisotopic (exact) mass is 412 g/mol. The quantitative estimate of drug-likeness (QED) is 0.751. The van der Waals surface area contributed by atoms with Crippen molar-refractivity contribution in [2.75, 3.05) is 34.3 Å². The van der Waals surface area contributed by atoms with Gasteiger partial charge in [-0.05, 0) is 43.4 Å². The zero-order valence-electron chi connectivity index (χ0n) is 18.8. The third kappa shape index (κ3) is 3.50. The van der Waals surface area contributed by atoms with Crippen LogP contribution in [0.4, 0.5) is 0 Å². The van der Waals surface area contributed by atoms with Gasteiger partial charge in [0.2, 0.25) is 11.8 Å². The summed E-state index contributed by atoms with van der Waals surface area (Å²) in [5, 5.41) is 0. The molecule has 3 fully saturated rings. The average molecular weight is 413 g/mol. The number of carbonyl (C=O) groups is 2. The SMILES string of the molecule is COc1ccc(C2(C(=O)N3CC(C(=O)N(C)C)C4(CCCC4)C3)CCCCC2)cc1. The van der Waals surface area contributed by atoms with Crippen molar-refractivity contribution in [3.05, 3.63) is 29.8 Å². The van der Waals surface area contributed by atoms with E-state index in [1.807, 2.05) is 26.2 Å². The number of hydrogen-bond acceptors (Lipinski definition) is 3. The van der Waals surface area contributed by atoms with Gasteiger partial charge in [0.1, 0.15) is 5.75 Å². The van der Waals surface area contributed by atoms with Gasteiger partial charge in [0.05, 0.1) is 18.4 Å². The topological polar surface area (TPSA) is 49.9 Å². The third-order valence-corrected chi connectivity index (χ3v) is 8.03. The second-order valence-corrected chi connectivity index (χ2v) is 9.91. The first kappa shape index (κ1) is 21.2. The number of ether oxygens (including phenoxy) is 1. The van der Waals surface area contributed by atoms with E-state index in [0.717, 1.165) is 56.4 Å². The molecule has 0 N–H and O–H groups in total. The van der Waals surface area contributed by atoms with Gasteiger partial charge in [-0.25, -0.2) is 0 Å². The lowest BCUT2D eigenvalue weighted by Crippen LogP contribution is -2.48. The van der Waals surface area contributed by atoms with Crippen LogP contribution in [0.3, 0.4) is 0 Å². The Bertz CT molecular complexity index is 774. The molecule has 2 saturated carbocycles. The van der Waals surface area contributed by atoms with E-state index in [2.05, 4.69) is 17.0 Å². The van der Waals surface area contributed by atoms with E-state index in [9.17, 15) is 9.59 Å². The van der Waals surface area contributed by atoms with Gasteiger partial charge in [-0.2, -0.15) is 0 Å². The van der Waals surface area contributed by atoms with E-state index >= 15 is 0 Å². The molecule has 1 aromatic carbocycles. The normalized spacial score (nSPS) is 24.8. The highest BCUT2D eigenvalue weighted by Gasteiger charge is 2.55. The van der Waals surface area contributed by atoms with Gasteiger partial charge in [0.15, 0.2) is 0 Å². The molecule has 1 aliphatic heterocycles. The molecule has 5 heteroatoms. The fraction of sp³-hybridized carbons (Fsp3) is 0.680. The Labute approximate surface area is 180 Å². The minimum absolute atomic E-state index is 0.0211. The lowest BCUT2D eigenvalue weighted by molar-refractivity contribution is -0.138. The van der Waals surface area contributed by atoms with Crippen molar-refractivity contribution in [3.63, 3.8) is 0 Å². The van der Waals surface area contributed by atoms with Gasteiger partial charge in [-0.3, -0.25) is 9.59 Å². The van der Waals surface area contributed by atoms with Gasteiger partial charge in [-0.15, -0.1) is 0 Å². The lowest BCUT2D eigenvalue weighted by Gasteiger charge is -2.39. The first-order valence-corrected chi connectivity index (χ1v) is 11.6. The van der Waals surface area contributed by atoms with E-state index in [1.54, 1.807) is 12.0 Å². The zero-order valence-corrected chi connectivity index (χ0v) is 18.8. The molecule has 1 spiro atoms. The molecule has 0 radical (unpaired) electrons. The molecule has 1 unspecified atom stereocenters. The first-order valence-electron chi connectivity index (χ1n) is 11.6. The molecule has 3 aliphatic rings. The van der Waals surface area contributed by atoms with Crippen LogP contribution in [-0.4, -0.2) is 55.9 Å². The Morgan fingerprint density at radius 2 is 1.57 bits per heavy atom. The molecule has 5 nitrogen and oxygen atoms in total. The summed E-state index contributed by atoms with van der Waals surface area (Å²) in [5.74, 6) is 1.19. The molecule has 4 rings (SSSR count). The number of amides is 2. The van der Waals surface area contributed by atoms with Crippen LogP contribution in [0.25, 0.3) is 0 Å². The van der Waals surface area contributed by atoms with Crippen LogP contribution >= 0.6 is 0 Å². The molecule has 1 saturated heterocycles. The summed E-state index contributed by atoms with van der Waals surface area (Å²) in [4.78, 5) is 31.0. The Morgan fingerprint density at radius 1 is 0.967 bits per heavy atom. The van der Waals surface area contributed by atoms with Crippen LogP contribution in [0.5, 0.6) is 5.75 Å². The fourth-order valence-electron chi connectivity index (χ4n) is 6.36. The number of carbonyl (C=O) groups excluding carboxylic acids is 2. The first-order chi connectivity index (χ1) is 14.4. The van der Waals surface area contributed by atoms with Crippen LogP contribution in [0.2, 0.25) is 0 Å². The van der Waals surface area contributed by atoms with Crippen molar-refractivity contribution in [3.8, 4) is 5.75 Å². The Kier molecular flexibility index (Phi) is 5.82. The molecule has 30 heavy (non-hydrogen) atoms. The van der Waals surface area contributed by atoms with Crippen LogP contribution in [0.1, 0.15) is 63.4 Å². The number of likely N-dealkylation sites (tertiary alicyclic amines) is 1. The number of hydrogen-bond donors (Lipinski definition) is 0. The minimum atomic E-state index is -0.458. The predicted molar refractivity (Wildman–Crippen MR) is 117 cm³/mol. The van der Waals surface area contributed by atoms with Gasteiger partial charge in [0.25, 0.3) is 0 Å². The highest BCUT2D eigenvalue weighted by molar-refractivity contribution is 5.90. The number of nitrogens with zero attached hydrogens (tertiary/aromatic N) is 2. The summed E-state index contributed by atoms with van der Waals surface area (Å²) >= 11 is 0. The number of benzene rings is 1. The Balaban J connectivity index is 1.65. The van der Waals surface area contributed by atoms with Gasteiger partial charge < -0.3 is 14.5 Å². The summed E-state index contributed by atoms with van der Waals surface area (Å²) in [5.41, 5.74) is 0.628. The Hall–Kier alpha value is -2.04. The van der Waals surface area contributed by atoms with Crippen molar-refractivity contribution in [1.82, 2.24) is 9.80 Å². The van der Waals surface area contributed by atoms with E-state index in [0.29, 0.717) is 6.54 Å². The highest BCUT2D eigenvalue weighted by atomic mass is 16.5. The fourth-order valence-corrected chi connectivity index (χ4v) is 6.36. The summed E-state index contributed by atoms with van der Waals surface area (Å²) in [6, 6.07) is 8.09. The highest BCUT2D eigenvalue weighted by Crippen LogP contribution is 2.51. The summed E-state index contributed by atoms with van der Waals surface area (Å²) < 4.78 is 5.34. The number of rotatable bonds is 4. The molecule has 164 valence electrons. The van der Waals surface area contributed by atoms with Crippen LogP contribution in [0, 0.1) is 11.3 Å². The van der Waals surface area contributed by atoms with Crippen molar-refractivity contribution >= 4 is 11.8 Å². The van der Waals surface area contributed by atoms with Crippen molar-refractivity contribution in [2.45, 2.75) is 63.2 Å². The van der Waals surface area contributed by atoms with E-state index in [1.165, 1.54) is 19.3 Å². The third-order valence-electron chi connectivity index (χ3n) is 8.03. The second-order valence-electron chi connectivity index (χ2n) is 9.91. The van der Waals surface area contributed by atoms with Crippen LogP contribution < -0.4 is 4.74 Å². The van der Waals surface area contributed by atoms with Crippen LogP contribution in [0.15, 0.2) is 24.3 Å². The molecule has 2 amide bonds. The second kappa shape index (κ2) is 8.24. The predicted octanol–water partition coefficient (Wildman–Crippen LogP) is 4.00. The molecule has 1 aromatic rings. The molecule has 1 atom stereocenters. The molecule has 0 bridgehead atoms. The van der Waals surface area contributed by atoms with Gasteiger partial charge in [0, 0.05) is 32.6 Å². The van der Waals surface area contributed by atoms with Crippen LogP contribution in [-0.2, 0) is 15.0 Å². The lowest BCUT2D eigenvalue weighted by atomic mass is 9.68. The Morgan fingerprint density at radius 3 is 2.13 bits per heavy atom. The maximum absolute atomic E-state index is 14.1. The molecule has 2 aliphatic carbocycles. The van der Waals surface area contributed by atoms with E-state index < -0.39 is 5.41 Å². The minimum Gasteiger partial charge on any atom is -0.497 e. The van der Waals surface area contributed by atoms with Gasteiger partial charge in [-0.1, -0.05) is 44.2 Å². The summed E-state index contributed by atoms with van der Waals surface area (Å²) in [6.45, 7) is 1.32. The smallest absolute Gasteiger partial charge is 0.233 e. The maximum atomic E-state index is 14.1. The molecule has 0 aromatic heterocycles. The van der Waals surface area contributed by atoms with Gasteiger partial charge >= 0.3 is 0 Å². The number of methoxy groups -OCH3 is 1. The van der Waals surface area contributed by atoms with Crippen molar-refractivity contribution in [1.29, 1.82) is 0 Å². The molecular weight excluding hydrogens is 376 g/mol. The molecular formula is C25H36N2O3. The molecule has 1 heterocycles. The zero-order chi connectivity index (χ0) is 21.4. The van der Waals surface area contributed by atoms with Crippen molar-refractivity contribution in [2.24, 2.45) is 11.3 Å². The largest absolute Gasteiger partial charge is 0.497 e. The van der Waals surface area contributed by atoms with E-state index in [-0.39, 0.29) is 23.1 Å². The van der Waals surface area contributed by atoms with Crippen molar-refractivity contribution < 1.29 is 14.3 Å². The van der Waals surface area contributed by atoms with E-state index in [4.69, 9.17) is 4.74 Å². The standard InChI is InChI=1S/C25H36N2O3/c1-26(2)22(28)21-17-27(18-24(21)13-7-8-14-24)23(29)25(15-5-4-6-16-25)19-9-11-20(30-3)12-10-19/h9-12,21H,4-8,13-18H2,1-3H3.